The van der Waals surface area contributed by atoms with E-state index in [0.29, 0.717) is 12.1 Å². The van der Waals surface area contributed by atoms with Crippen LogP contribution in [0.25, 0.3) is 11.4 Å². The van der Waals surface area contributed by atoms with Crippen molar-refractivity contribution in [3.8, 4) is 11.4 Å². The van der Waals surface area contributed by atoms with Crippen LogP contribution in [0.1, 0.15) is 56.7 Å². The maximum atomic E-state index is 12.6. The summed E-state index contributed by atoms with van der Waals surface area (Å²) in [7, 11) is 0. The molecule has 0 bridgehead atoms. The van der Waals surface area contributed by atoms with Crippen molar-refractivity contribution in [3.63, 3.8) is 0 Å². The molecule has 0 aromatic carbocycles. The van der Waals surface area contributed by atoms with Crippen LogP contribution >= 0.6 is 0 Å². The minimum absolute atomic E-state index is 0.121. The van der Waals surface area contributed by atoms with Gasteiger partial charge in [-0.25, -0.2) is 9.78 Å². The number of nitrogens with zero attached hydrogens (tertiary/aromatic N) is 4. The van der Waals surface area contributed by atoms with Gasteiger partial charge in [-0.2, -0.15) is 0 Å². The van der Waals surface area contributed by atoms with E-state index in [1.54, 1.807) is 6.20 Å². The number of aryl methyl sites for hydroxylation is 1. The van der Waals surface area contributed by atoms with Gasteiger partial charge < -0.3 is 14.8 Å². The van der Waals surface area contributed by atoms with Crippen LogP contribution in [-0.4, -0.2) is 44.6 Å². The van der Waals surface area contributed by atoms with Gasteiger partial charge in [-0.05, 0) is 44.7 Å². The first-order valence-electron chi connectivity index (χ1n) is 10.2. The molecule has 1 saturated carbocycles. The number of imidazole rings is 1. The second-order valence-electron chi connectivity index (χ2n) is 7.84. The predicted molar refractivity (Wildman–Crippen MR) is 105 cm³/mol. The number of hydrogen-bond acceptors (Lipinski definition) is 3. The summed E-state index contributed by atoms with van der Waals surface area (Å²) in [6, 6.07) is 4.87. The molecular weight excluding hydrogens is 338 g/mol. The van der Waals surface area contributed by atoms with Crippen LogP contribution in [0.15, 0.2) is 30.7 Å². The Morgan fingerprint density at radius 3 is 2.59 bits per heavy atom. The molecule has 4 rings (SSSR count). The van der Waals surface area contributed by atoms with Crippen molar-refractivity contribution in [2.24, 2.45) is 0 Å². The Morgan fingerprint density at radius 2 is 1.89 bits per heavy atom. The lowest BCUT2D eigenvalue weighted by Gasteiger charge is -2.35. The van der Waals surface area contributed by atoms with Crippen molar-refractivity contribution in [2.75, 3.05) is 13.1 Å². The van der Waals surface area contributed by atoms with Gasteiger partial charge in [0.05, 0.1) is 0 Å². The molecule has 0 radical (unpaired) electrons. The Hall–Kier alpha value is -2.37. The van der Waals surface area contributed by atoms with Gasteiger partial charge in [-0.15, -0.1) is 0 Å². The van der Waals surface area contributed by atoms with Crippen LogP contribution in [0.2, 0.25) is 0 Å². The third-order valence-electron chi connectivity index (χ3n) is 5.95. The molecule has 27 heavy (non-hydrogen) atoms. The van der Waals surface area contributed by atoms with Crippen LogP contribution in [0, 0.1) is 6.92 Å². The molecule has 1 aliphatic carbocycles. The summed E-state index contributed by atoms with van der Waals surface area (Å²) in [4.78, 5) is 23.4. The molecule has 2 aliphatic rings. The molecule has 2 amide bonds. The first-order valence-corrected chi connectivity index (χ1v) is 10.2. The van der Waals surface area contributed by atoms with Crippen molar-refractivity contribution < 1.29 is 4.79 Å². The summed E-state index contributed by atoms with van der Waals surface area (Å²) >= 11 is 0. The minimum atomic E-state index is 0.121. The topological polar surface area (TPSA) is 63.1 Å². The molecule has 1 aliphatic heterocycles. The van der Waals surface area contributed by atoms with Crippen LogP contribution in [0.5, 0.6) is 0 Å². The number of aromatic nitrogens is 3. The van der Waals surface area contributed by atoms with Gasteiger partial charge in [0.1, 0.15) is 5.82 Å². The predicted octanol–water partition coefficient (Wildman–Crippen LogP) is 3.93. The molecule has 6 nitrogen and oxygen atoms in total. The second-order valence-corrected chi connectivity index (χ2v) is 7.84. The van der Waals surface area contributed by atoms with Crippen LogP contribution in [0.3, 0.4) is 0 Å². The van der Waals surface area contributed by atoms with Gasteiger partial charge in [0.2, 0.25) is 0 Å². The van der Waals surface area contributed by atoms with Crippen molar-refractivity contribution in [3.05, 3.63) is 36.4 Å². The van der Waals surface area contributed by atoms with E-state index < -0.39 is 0 Å². The molecule has 1 saturated heterocycles. The van der Waals surface area contributed by atoms with Gasteiger partial charge in [0, 0.05) is 55.0 Å². The van der Waals surface area contributed by atoms with E-state index in [-0.39, 0.29) is 6.03 Å². The number of hydrogen-bond donors (Lipinski definition) is 1. The van der Waals surface area contributed by atoms with E-state index in [0.717, 1.165) is 50.2 Å². The summed E-state index contributed by atoms with van der Waals surface area (Å²) in [6.45, 7) is 3.70. The lowest BCUT2D eigenvalue weighted by Crippen LogP contribution is -2.48. The first kappa shape index (κ1) is 18.0. The van der Waals surface area contributed by atoms with E-state index >= 15 is 0 Å². The van der Waals surface area contributed by atoms with Crippen molar-refractivity contribution in [1.82, 2.24) is 24.8 Å². The van der Waals surface area contributed by atoms with E-state index in [4.69, 9.17) is 0 Å². The SMILES string of the molecule is Cc1cnc(-c2cccnc2)n1C1CCN(C(=O)NC2CCCCC2)CC1. The van der Waals surface area contributed by atoms with Crippen molar-refractivity contribution in [1.29, 1.82) is 0 Å². The zero-order valence-electron chi connectivity index (χ0n) is 16.1. The Morgan fingerprint density at radius 1 is 1.11 bits per heavy atom. The number of piperidine rings is 1. The Balaban J connectivity index is 1.40. The summed E-state index contributed by atoms with van der Waals surface area (Å²) in [5.41, 5.74) is 2.21. The normalized spacial score (nSPS) is 19.2. The molecule has 2 fully saturated rings. The fourth-order valence-electron chi connectivity index (χ4n) is 4.46. The molecule has 6 heteroatoms. The Bertz CT molecular complexity index is 758. The lowest BCUT2D eigenvalue weighted by atomic mass is 9.95. The van der Waals surface area contributed by atoms with Crippen LogP contribution in [-0.2, 0) is 0 Å². The third kappa shape index (κ3) is 3.99. The van der Waals surface area contributed by atoms with E-state index in [2.05, 4.69) is 32.8 Å². The Kier molecular flexibility index (Phi) is 5.41. The highest BCUT2D eigenvalue weighted by Gasteiger charge is 2.27. The molecule has 2 aromatic rings. The van der Waals surface area contributed by atoms with Gasteiger partial charge in [-0.1, -0.05) is 19.3 Å². The lowest BCUT2D eigenvalue weighted by molar-refractivity contribution is 0.165. The van der Waals surface area contributed by atoms with Crippen LogP contribution in [0.4, 0.5) is 4.79 Å². The minimum Gasteiger partial charge on any atom is -0.335 e. The van der Waals surface area contributed by atoms with Gasteiger partial charge in [-0.3, -0.25) is 4.98 Å². The van der Waals surface area contributed by atoms with E-state index in [1.165, 1.54) is 25.0 Å². The zero-order chi connectivity index (χ0) is 18.6. The Labute approximate surface area is 161 Å². The maximum Gasteiger partial charge on any atom is 0.317 e. The monoisotopic (exact) mass is 367 g/mol. The summed E-state index contributed by atoms with van der Waals surface area (Å²) in [6.07, 6.45) is 13.6. The summed E-state index contributed by atoms with van der Waals surface area (Å²) in [5, 5.41) is 3.25. The zero-order valence-corrected chi connectivity index (χ0v) is 16.1. The smallest absolute Gasteiger partial charge is 0.317 e. The van der Waals surface area contributed by atoms with Gasteiger partial charge >= 0.3 is 6.03 Å². The fraction of sp³-hybridized carbons (Fsp3) is 0.571. The molecule has 1 N–H and O–H groups in total. The average molecular weight is 367 g/mol. The molecule has 2 aromatic heterocycles. The van der Waals surface area contributed by atoms with E-state index in [1.807, 2.05) is 23.4 Å². The fourth-order valence-corrected chi connectivity index (χ4v) is 4.46. The second kappa shape index (κ2) is 8.11. The van der Waals surface area contributed by atoms with Gasteiger partial charge in [0.15, 0.2) is 0 Å². The first-order chi connectivity index (χ1) is 13.2. The molecule has 0 spiro atoms. The highest BCUT2D eigenvalue weighted by molar-refractivity contribution is 5.74. The van der Waals surface area contributed by atoms with Crippen LogP contribution < -0.4 is 5.32 Å². The number of rotatable bonds is 3. The standard InChI is InChI=1S/C21H29N5O/c1-16-14-23-20(17-6-5-11-22-15-17)26(16)19-9-12-25(13-10-19)21(27)24-18-7-3-2-4-8-18/h5-6,11,14-15,18-19H,2-4,7-10,12-13H2,1H3,(H,24,27). The maximum absolute atomic E-state index is 12.6. The quantitative estimate of drug-likeness (QED) is 0.894. The highest BCUT2D eigenvalue weighted by Crippen LogP contribution is 2.30. The van der Waals surface area contributed by atoms with Crippen molar-refractivity contribution >= 4 is 6.03 Å². The molecular formula is C21H29N5O. The molecule has 0 atom stereocenters. The number of nitrogens with one attached hydrogen (secondary N) is 1. The third-order valence-corrected chi connectivity index (χ3v) is 5.95. The largest absolute Gasteiger partial charge is 0.335 e. The summed E-state index contributed by atoms with van der Waals surface area (Å²) in [5.74, 6) is 0.978. The number of likely N-dealkylation sites (tertiary alicyclic amines) is 1. The summed E-state index contributed by atoms with van der Waals surface area (Å²) < 4.78 is 2.33. The number of carbonyl (C=O) groups is 1. The number of pyridine rings is 1. The average Bonchev–Trinajstić information content (AvgIpc) is 3.11. The molecule has 0 unspecified atom stereocenters. The number of urea groups is 1. The molecule has 144 valence electrons. The number of amides is 2. The van der Waals surface area contributed by atoms with Crippen molar-refractivity contribution in [2.45, 2.75) is 64.0 Å². The van der Waals surface area contributed by atoms with Gasteiger partial charge in [0.25, 0.3) is 0 Å². The van der Waals surface area contributed by atoms with E-state index in [9.17, 15) is 4.79 Å². The molecule has 3 heterocycles. The highest BCUT2D eigenvalue weighted by atomic mass is 16.2. The number of carbonyl (C=O) groups excluding carboxylic acids is 1.